The van der Waals surface area contributed by atoms with Gasteiger partial charge in [-0.25, -0.2) is 18.4 Å². The smallest absolute Gasteiger partial charge is 0.263 e. The van der Waals surface area contributed by atoms with Gasteiger partial charge >= 0.3 is 0 Å². The summed E-state index contributed by atoms with van der Waals surface area (Å²) in [5.74, 6) is 0.641. The van der Waals surface area contributed by atoms with Gasteiger partial charge in [-0.1, -0.05) is 19.9 Å². The van der Waals surface area contributed by atoms with Crippen molar-refractivity contribution < 1.29 is 22.7 Å². The molecule has 1 atom stereocenters. The molecule has 0 bridgehead atoms. The molecule has 2 N–H and O–H groups in total. The molecule has 180 valence electrons. The third-order valence-electron chi connectivity index (χ3n) is 5.03. The van der Waals surface area contributed by atoms with Crippen LogP contribution in [-0.4, -0.2) is 38.0 Å². The number of ether oxygens (including phenoxy) is 2. The van der Waals surface area contributed by atoms with Crippen LogP contribution in [0.3, 0.4) is 0 Å². The van der Waals surface area contributed by atoms with Crippen molar-refractivity contribution in [1.29, 1.82) is 0 Å². The van der Waals surface area contributed by atoms with Crippen molar-refractivity contribution in [2.75, 3.05) is 23.8 Å². The molecular weight excluding hydrogens is 524 g/mol. The van der Waals surface area contributed by atoms with Crippen molar-refractivity contribution >= 4 is 43.4 Å². The summed E-state index contributed by atoms with van der Waals surface area (Å²) in [7, 11) is -2.56. The van der Waals surface area contributed by atoms with E-state index in [9.17, 15) is 13.2 Å². The largest absolute Gasteiger partial charge is 0.483 e. The van der Waals surface area contributed by atoms with E-state index in [2.05, 4.69) is 49.8 Å². The van der Waals surface area contributed by atoms with Crippen LogP contribution in [0.2, 0.25) is 0 Å². The van der Waals surface area contributed by atoms with E-state index in [-0.39, 0.29) is 29.1 Å². The molecule has 0 radical (unpaired) electrons. The molecular formula is C23H25BrN4O5S. The highest BCUT2D eigenvalue weighted by Gasteiger charge is 2.18. The second-order valence-corrected chi connectivity index (χ2v) is 9.92. The van der Waals surface area contributed by atoms with Crippen molar-refractivity contribution in [2.24, 2.45) is 0 Å². The number of anilines is 2. The molecule has 0 saturated carbocycles. The average molecular weight is 549 g/mol. The Morgan fingerprint density at radius 3 is 2.47 bits per heavy atom. The lowest BCUT2D eigenvalue weighted by molar-refractivity contribution is -0.118. The Hall–Kier alpha value is -3.18. The number of halogens is 1. The molecule has 0 aliphatic heterocycles. The number of aromatic nitrogens is 2. The van der Waals surface area contributed by atoms with Crippen molar-refractivity contribution in [2.45, 2.75) is 31.1 Å². The Labute approximate surface area is 207 Å². The third-order valence-corrected chi connectivity index (χ3v) is 7.01. The number of carbonyl (C=O) groups excluding carboxylic acids is 1. The minimum atomic E-state index is -3.93. The van der Waals surface area contributed by atoms with Crippen molar-refractivity contribution in [3.63, 3.8) is 0 Å². The SMILES string of the molecule is CCC(C)c1ccc(OCC(=O)Nc2ccc(S(=O)(=O)Nc3nccnc3OC)cc2)c(Br)c1. The molecule has 0 saturated heterocycles. The fourth-order valence-corrected chi connectivity index (χ4v) is 4.48. The quantitative estimate of drug-likeness (QED) is 0.380. The van der Waals surface area contributed by atoms with Crippen LogP contribution in [0.5, 0.6) is 11.6 Å². The number of hydrogen-bond acceptors (Lipinski definition) is 7. The summed E-state index contributed by atoms with van der Waals surface area (Å²) in [6, 6.07) is 11.5. The van der Waals surface area contributed by atoms with Crippen LogP contribution in [0.1, 0.15) is 31.7 Å². The summed E-state index contributed by atoms with van der Waals surface area (Å²) in [5.41, 5.74) is 1.62. The van der Waals surface area contributed by atoms with Gasteiger partial charge in [0.05, 0.1) is 16.5 Å². The van der Waals surface area contributed by atoms with E-state index in [1.807, 2.05) is 18.2 Å². The number of methoxy groups -OCH3 is 1. The van der Waals surface area contributed by atoms with E-state index in [0.29, 0.717) is 17.4 Å². The summed E-state index contributed by atoms with van der Waals surface area (Å²) >= 11 is 3.48. The number of hydrogen-bond donors (Lipinski definition) is 2. The van der Waals surface area contributed by atoms with E-state index < -0.39 is 10.0 Å². The predicted molar refractivity (Wildman–Crippen MR) is 133 cm³/mol. The van der Waals surface area contributed by atoms with Crippen LogP contribution in [0.15, 0.2) is 64.2 Å². The molecule has 1 heterocycles. The zero-order chi connectivity index (χ0) is 24.7. The maximum absolute atomic E-state index is 12.6. The number of amides is 1. The van der Waals surface area contributed by atoms with Gasteiger partial charge < -0.3 is 14.8 Å². The van der Waals surface area contributed by atoms with E-state index in [0.717, 1.165) is 10.9 Å². The highest BCUT2D eigenvalue weighted by atomic mass is 79.9. The van der Waals surface area contributed by atoms with E-state index >= 15 is 0 Å². The standard InChI is InChI=1S/C23H25BrN4O5S/c1-4-15(2)16-5-10-20(19(24)13-16)33-14-21(29)27-17-6-8-18(9-7-17)34(30,31)28-22-23(32-3)26-12-11-25-22/h5-13,15H,4,14H2,1-3H3,(H,25,28)(H,27,29). The van der Waals surface area contributed by atoms with Crippen LogP contribution in [0, 0.1) is 0 Å². The van der Waals surface area contributed by atoms with Crippen LogP contribution in [0.4, 0.5) is 11.5 Å². The monoisotopic (exact) mass is 548 g/mol. The fraction of sp³-hybridized carbons (Fsp3) is 0.261. The minimum absolute atomic E-state index is 0.0141. The lowest BCUT2D eigenvalue weighted by Crippen LogP contribution is -2.20. The van der Waals surface area contributed by atoms with Crippen molar-refractivity contribution in [3.05, 3.63) is 64.9 Å². The third kappa shape index (κ3) is 6.45. The van der Waals surface area contributed by atoms with Crippen LogP contribution >= 0.6 is 15.9 Å². The van der Waals surface area contributed by atoms with Crippen LogP contribution < -0.4 is 19.5 Å². The number of rotatable bonds is 10. The molecule has 9 nitrogen and oxygen atoms in total. The lowest BCUT2D eigenvalue weighted by atomic mass is 9.99. The average Bonchev–Trinajstić information content (AvgIpc) is 2.83. The van der Waals surface area contributed by atoms with Gasteiger partial charge in [0.2, 0.25) is 5.82 Å². The van der Waals surface area contributed by atoms with Crippen LogP contribution in [-0.2, 0) is 14.8 Å². The van der Waals surface area contributed by atoms with Gasteiger partial charge in [-0.15, -0.1) is 0 Å². The van der Waals surface area contributed by atoms with Gasteiger partial charge in [0, 0.05) is 18.1 Å². The number of carbonyl (C=O) groups is 1. The van der Waals surface area contributed by atoms with Gasteiger partial charge in [-0.05, 0) is 70.2 Å². The molecule has 1 aromatic heterocycles. The van der Waals surface area contributed by atoms with E-state index in [1.54, 1.807) is 0 Å². The number of nitrogens with one attached hydrogen (secondary N) is 2. The van der Waals surface area contributed by atoms with Crippen molar-refractivity contribution in [3.8, 4) is 11.6 Å². The molecule has 0 aliphatic carbocycles. The first-order valence-corrected chi connectivity index (χ1v) is 12.7. The summed E-state index contributed by atoms with van der Waals surface area (Å²) in [4.78, 5) is 20.1. The maximum atomic E-state index is 12.6. The lowest BCUT2D eigenvalue weighted by Gasteiger charge is -2.13. The van der Waals surface area contributed by atoms with Gasteiger partial charge in [-0.2, -0.15) is 0 Å². The summed E-state index contributed by atoms with van der Waals surface area (Å²) in [5, 5.41) is 2.68. The highest BCUT2D eigenvalue weighted by molar-refractivity contribution is 9.10. The Morgan fingerprint density at radius 2 is 1.82 bits per heavy atom. The maximum Gasteiger partial charge on any atom is 0.263 e. The summed E-state index contributed by atoms with van der Waals surface area (Å²) in [6.45, 7) is 4.07. The molecule has 11 heteroatoms. The molecule has 3 aromatic rings. The molecule has 1 unspecified atom stereocenters. The molecule has 34 heavy (non-hydrogen) atoms. The summed E-state index contributed by atoms with van der Waals surface area (Å²) in [6.07, 6.45) is 3.76. The van der Waals surface area contributed by atoms with E-state index in [1.165, 1.54) is 49.3 Å². The number of nitrogens with zero attached hydrogens (tertiary/aromatic N) is 2. The van der Waals surface area contributed by atoms with Crippen molar-refractivity contribution in [1.82, 2.24) is 9.97 Å². The zero-order valence-electron chi connectivity index (χ0n) is 18.9. The number of sulfonamides is 1. The second-order valence-electron chi connectivity index (χ2n) is 7.38. The Morgan fingerprint density at radius 1 is 1.12 bits per heavy atom. The normalized spacial score (nSPS) is 12.0. The Balaban J connectivity index is 1.59. The second kappa shape index (κ2) is 11.3. The molecule has 2 aromatic carbocycles. The number of benzene rings is 2. The fourth-order valence-electron chi connectivity index (χ4n) is 2.97. The minimum Gasteiger partial charge on any atom is -0.483 e. The Bertz CT molecular complexity index is 1250. The molecule has 0 fully saturated rings. The molecule has 1 amide bonds. The predicted octanol–water partition coefficient (Wildman–Crippen LogP) is 4.58. The first-order chi connectivity index (χ1) is 16.2. The van der Waals surface area contributed by atoms with Crippen LogP contribution in [0.25, 0.3) is 0 Å². The molecule has 3 rings (SSSR count). The Kier molecular flexibility index (Phi) is 8.46. The van der Waals surface area contributed by atoms with Gasteiger partial charge in [0.1, 0.15) is 5.75 Å². The first kappa shape index (κ1) is 25.4. The zero-order valence-corrected chi connectivity index (χ0v) is 21.3. The molecule has 0 spiro atoms. The van der Waals surface area contributed by atoms with Gasteiger partial charge in [-0.3, -0.25) is 9.52 Å². The van der Waals surface area contributed by atoms with Gasteiger partial charge in [0.25, 0.3) is 21.8 Å². The first-order valence-electron chi connectivity index (χ1n) is 10.4. The van der Waals surface area contributed by atoms with Gasteiger partial charge in [0.15, 0.2) is 6.61 Å². The molecule has 0 aliphatic rings. The summed E-state index contributed by atoms with van der Waals surface area (Å²) < 4.78 is 39.0. The highest BCUT2D eigenvalue weighted by Crippen LogP contribution is 2.30. The topological polar surface area (TPSA) is 120 Å². The van der Waals surface area contributed by atoms with E-state index in [4.69, 9.17) is 9.47 Å².